The van der Waals surface area contributed by atoms with Gasteiger partial charge in [0.25, 0.3) is 5.91 Å². The predicted molar refractivity (Wildman–Crippen MR) is 238 cm³/mol. The number of nitrogens with two attached hydrogens (primary N) is 1. The number of methoxy groups -OCH3 is 3. The molecule has 24 heteroatoms. The second kappa shape index (κ2) is 22.2. The van der Waals surface area contributed by atoms with Gasteiger partial charge in [-0.3, -0.25) is 4.79 Å². The Morgan fingerprint density at radius 2 is 1.34 bits per heavy atom. The second-order valence-corrected chi connectivity index (χ2v) is 14.4. The zero-order valence-electron chi connectivity index (χ0n) is 34.2. The fraction of sp³-hybridized carbons (Fsp3) is 0.0976. The number of benzene rings is 6. The van der Waals surface area contributed by atoms with Gasteiger partial charge >= 0.3 is 5.97 Å². The first-order valence-electron chi connectivity index (χ1n) is 18.3. The fourth-order valence-corrected chi connectivity index (χ4v) is 6.67. The van der Waals surface area contributed by atoms with Crippen molar-refractivity contribution < 1.29 is 63.3 Å². The number of fused-ring (bicyclic) bond motifs is 1. The van der Waals surface area contributed by atoms with Crippen LogP contribution in [0.25, 0.3) is 10.8 Å². The number of amides is 1. The zero-order valence-corrected chi connectivity index (χ0v) is 35.9. The SMILES string of the molecule is CO/C=N\c1cc(N=Nc2cc(OC)c(N=Nc3c(SOOO)cc4cc(NC(=O)c5ccc(N)cc5)ccc4c3O)cc2C)c(OC)cc1N=Nc1ccc(SOOO)cc1C(=O)O. The summed E-state index contributed by atoms with van der Waals surface area (Å²) in [6.07, 6.45) is 1.15. The van der Waals surface area contributed by atoms with Crippen LogP contribution in [0.1, 0.15) is 26.3 Å². The quantitative estimate of drug-likeness (QED) is 0.00836. The minimum atomic E-state index is -1.30. The zero-order chi connectivity index (χ0) is 46.5. The number of nitrogens with one attached hydrogen (secondary N) is 1. The number of carboxylic acid groups (broad SMARTS) is 1. The summed E-state index contributed by atoms with van der Waals surface area (Å²) in [5.41, 5.74) is 8.60. The number of aryl methyl sites for hydroxylation is 1. The Balaban J connectivity index is 1.28. The van der Waals surface area contributed by atoms with Crippen LogP contribution in [0, 0.1) is 6.92 Å². The average Bonchev–Trinajstić information content (AvgIpc) is 3.30. The second-order valence-electron chi connectivity index (χ2n) is 12.9. The first kappa shape index (κ1) is 46.9. The number of rotatable bonds is 19. The van der Waals surface area contributed by atoms with Crippen molar-refractivity contribution in [2.24, 2.45) is 35.7 Å². The molecule has 0 saturated heterocycles. The summed E-state index contributed by atoms with van der Waals surface area (Å²) in [5.74, 6) is -1.52. The number of aromatic hydroxyl groups is 1. The molecule has 6 aromatic rings. The Morgan fingerprint density at radius 3 is 2.03 bits per heavy atom. The highest BCUT2D eigenvalue weighted by atomic mass is 32.2. The molecule has 0 aliphatic rings. The number of anilines is 2. The number of aliphatic imine (C=N–C) groups is 1. The number of phenols is 1. The molecular formula is C41H35N9O13S2. The molecule has 0 unspecified atom stereocenters. The summed E-state index contributed by atoms with van der Waals surface area (Å²) in [5, 5.41) is 75.4. The number of carboxylic acids is 1. The molecule has 0 heterocycles. The molecule has 0 aromatic heterocycles. The van der Waals surface area contributed by atoms with Gasteiger partial charge in [-0.25, -0.2) is 20.3 Å². The van der Waals surface area contributed by atoms with Gasteiger partial charge in [-0.05, 0) is 96.7 Å². The van der Waals surface area contributed by atoms with Crippen LogP contribution < -0.4 is 20.5 Å². The van der Waals surface area contributed by atoms with E-state index in [4.69, 9.17) is 34.8 Å². The van der Waals surface area contributed by atoms with Crippen molar-refractivity contribution in [1.82, 2.24) is 0 Å². The maximum Gasteiger partial charge on any atom is 0.338 e. The lowest BCUT2D eigenvalue weighted by Crippen LogP contribution is -2.11. The van der Waals surface area contributed by atoms with Crippen LogP contribution in [0.5, 0.6) is 17.2 Å². The van der Waals surface area contributed by atoms with E-state index in [-0.39, 0.29) is 67.7 Å². The molecule has 7 N–H and O–H groups in total. The van der Waals surface area contributed by atoms with E-state index < -0.39 is 5.97 Å². The first-order chi connectivity index (χ1) is 31.5. The van der Waals surface area contributed by atoms with Crippen molar-refractivity contribution in [1.29, 1.82) is 0 Å². The molecule has 0 aliphatic carbocycles. The molecule has 6 aromatic carbocycles. The minimum absolute atomic E-state index is 0.00388. The summed E-state index contributed by atoms with van der Waals surface area (Å²) in [4.78, 5) is 29.6. The van der Waals surface area contributed by atoms with Crippen molar-refractivity contribution in [3.05, 3.63) is 108 Å². The third kappa shape index (κ3) is 11.7. The Hall–Kier alpha value is -7.55. The predicted octanol–water partition coefficient (Wildman–Crippen LogP) is 11.8. The van der Waals surface area contributed by atoms with E-state index in [1.54, 1.807) is 67.6 Å². The van der Waals surface area contributed by atoms with Gasteiger partial charge in [0, 0.05) is 39.4 Å². The number of aromatic carboxylic acids is 1. The van der Waals surface area contributed by atoms with Crippen molar-refractivity contribution in [3.8, 4) is 17.2 Å². The van der Waals surface area contributed by atoms with Gasteiger partial charge in [0.1, 0.15) is 39.9 Å². The summed E-state index contributed by atoms with van der Waals surface area (Å²) in [7, 11) is 4.21. The first-order valence-corrected chi connectivity index (χ1v) is 19.8. The summed E-state index contributed by atoms with van der Waals surface area (Å²) >= 11 is 1.13. The van der Waals surface area contributed by atoms with Crippen LogP contribution in [0.3, 0.4) is 0 Å². The molecule has 0 spiro atoms. The summed E-state index contributed by atoms with van der Waals surface area (Å²) in [6.45, 7) is 1.75. The number of ether oxygens (including phenoxy) is 3. The Kier molecular flexibility index (Phi) is 16.0. The lowest BCUT2D eigenvalue weighted by molar-refractivity contribution is -0.432. The molecule has 22 nitrogen and oxygen atoms in total. The number of nitrogens with zero attached hydrogens (tertiary/aromatic N) is 7. The Bertz CT molecular complexity index is 2850. The summed E-state index contributed by atoms with van der Waals surface area (Å²) in [6, 6.07) is 23.1. The maximum atomic E-state index is 12.8. The minimum Gasteiger partial charge on any atom is -0.505 e. The van der Waals surface area contributed by atoms with Gasteiger partial charge in [0.05, 0.1) is 67.2 Å². The lowest BCUT2D eigenvalue weighted by Gasteiger charge is -2.12. The average molecular weight is 926 g/mol. The third-order valence-electron chi connectivity index (χ3n) is 8.85. The standard InChI is InChI=1S/C41H35N9O13S2/c1-21-13-33(49-50-38-37(65-63-61-56)15-23-14-25(9-11-27(23)39(38)51)44-40(52)22-5-7-24(42)8-6-22)35(58-3)18-30(21)46-48-34-17-31(43-20-57-2)32(19-36(34)59-4)47-45-29-12-10-26(64-62-60-55)16-28(29)41(53)54/h5-20,51,55-56H,42H2,1-4H3,(H,44,52)(H,53,54)/b43-20-,47-45?,48-46?,50-49?. The third-order valence-corrected chi connectivity index (χ3v) is 10.0. The molecule has 334 valence electrons. The molecule has 0 fully saturated rings. The van der Waals surface area contributed by atoms with Gasteiger partial charge in [-0.1, -0.05) is 10.1 Å². The van der Waals surface area contributed by atoms with Gasteiger partial charge in [-0.15, -0.1) is 34.2 Å². The normalized spacial score (nSPS) is 11.7. The maximum absolute atomic E-state index is 12.8. The van der Waals surface area contributed by atoms with Gasteiger partial charge in [0.15, 0.2) is 12.2 Å². The van der Waals surface area contributed by atoms with Crippen LogP contribution in [-0.4, -0.2) is 60.3 Å². The monoisotopic (exact) mass is 925 g/mol. The van der Waals surface area contributed by atoms with E-state index in [2.05, 4.69) is 55.4 Å². The molecule has 65 heavy (non-hydrogen) atoms. The smallest absolute Gasteiger partial charge is 0.338 e. The number of phenolic OH excluding ortho intramolecular Hbond substituents is 1. The lowest BCUT2D eigenvalue weighted by atomic mass is 10.1. The van der Waals surface area contributed by atoms with Crippen molar-refractivity contribution >= 4 is 104 Å². The highest BCUT2D eigenvalue weighted by Crippen LogP contribution is 2.46. The van der Waals surface area contributed by atoms with Crippen LogP contribution in [0.15, 0.2) is 136 Å². The van der Waals surface area contributed by atoms with Crippen LogP contribution in [-0.2, 0) is 23.5 Å². The highest BCUT2D eigenvalue weighted by molar-refractivity contribution is 7.94. The van der Waals surface area contributed by atoms with E-state index >= 15 is 0 Å². The molecule has 0 saturated carbocycles. The van der Waals surface area contributed by atoms with Gasteiger partial charge in [0.2, 0.25) is 0 Å². The van der Waals surface area contributed by atoms with Crippen LogP contribution in [0.4, 0.5) is 51.2 Å². The number of carbonyl (C=O) groups excluding carboxylic acids is 1. The van der Waals surface area contributed by atoms with Gasteiger partial charge in [-0.2, -0.15) is 5.11 Å². The number of azo groups is 3. The fourth-order valence-electron chi connectivity index (χ4n) is 5.77. The van der Waals surface area contributed by atoms with Crippen molar-refractivity contribution in [2.45, 2.75) is 16.7 Å². The number of hydrogen-bond acceptors (Lipinski definition) is 22. The molecular weight excluding hydrogens is 891 g/mol. The molecule has 0 radical (unpaired) electrons. The molecule has 1 amide bonds. The molecule has 6 rings (SSSR count). The number of nitrogen functional groups attached to an aromatic ring is 1. The van der Waals surface area contributed by atoms with Gasteiger partial charge < -0.3 is 35.5 Å². The Labute approximate surface area is 376 Å². The van der Waals surface area contributed by atoms with Crippen molar-refractivity contribution in [3.63, 3.8) is 0 Å². The Morgan fingerprint density at radius 1 is 0.692 bits per heavy atom. The summed E-state index contributed by atoms with van der Waals surface area (Å²) < 4.78 is 25.3. The van der Waals surface area contributed by atoms with Crippen LogP contribution >= 0.6 is 24.1 Å². The topological polar surface area (TPSA) is 304 Å². The van der Waals surface area contributed by atoms with Crippen molar-refractivity contribution in [2.75, 3.05) is 32.4 Å². The van der Waals surface area contributed by atoms with Crippen LogP contribution in [0.2, 0.25) is 0 Å². The largest absolute Gasteiger partial charge is 0.505 e. The van der Waals surface area contributed by atoms with E-state index in [9.17, 15) is 19.8 Å². The number of carbonyl (C=O) groups is 2. The molecule has 0 aliphatic heterocycles. The van der Waals surface area contributed by atoms with E-state index in [0.29, 0.717) is 67.9 Å². The van der Waals surface area contributed by atoms with E-state index in [1.807, 2.05) is 0 Å². The highest BCUT2D eigenvalue weighted by Gasteiger charge is 2.19. The molecule has 0 bridgehead atoms. The van der Waals surface area contributed by atoms with E-state index in [0.717, 1.165) is 6.40 Å². The van der Waals surface area contributed by atoms with E-state index in [1.165, 1.54) is 51.7 Å². The molecule has 0 atom stereocenters. The number of hydrogen-bond donors (Lipinski definition) is 6.